The van der Waals surface area contributed by atoms with Crippen LogP contribution in [0.15, 0.2) is 11.6 Å². The zero-order chi connectivity index (χ0) is 14.0. The first-order valence-corrected chi connectivity index (χ1v) is 6.76. The van der Waals surface area contributed by atoms with Crippen LogP contribution in [0.3, 0.4) is 0 Å². The Bertz CT molecular complexity index is 260. The molecule has 4 heteroatoms. The van der Waals surface area contributed by atoms with Crippen molar-refractivity contribution >= 4 is 5.97 Å². The lowest BCUT2D eigenvalue weighted by Gasteiger charge is -2.20. The predicted molar refractivity (Wildman–Crippen MR) is 73.3 cm³/mol. The Balaban J connectivity index is 4.03. The standard InChI is InChI=1S/C14H27NO3/c1-5-11(6-2)13(16)10-15-9-8-12(7-3)14(17)18-4/h8,11,13,15-16H,5-7,9-10H2,1-4H3/b12-8-. The van der Waals surface area contributed by atoms with Crippen LogP contribution in [0.2, 0.25) is 0 Å². The van der Waals surface area contributed by atoms with Crippen molar-refractivity contribution in [2.45, 2.75) is 46.1 Å². The summed E-state index contributed by atoms with van der Waals surface area (Å²) in [6.07, 6.45) is 4.13. The largest absolute Gasteiger partial charge is 0.466 e. The van der Waals surface area contributed by atoms with E-state index in [2.05, 4.69) is 23.9 Å². The van der Waals surface area contributed by atoms with Gasteiger partial charge >= 0.3 is 5.97 Å². The van der Waals surface area contributed by atoms with Gasteiger partial charge in [-0.2, -0.15) is 0 Å². The molecule has 18 heavy (non-hydrogen) atoms. The normalized spacial score (nSPS) is 13.8. The van der Waals surface area contributed by atoms with Crippen LogP contribution in [-0.4, -0.2) is 37.4 Å². The van der Waals surface area contributed by atoms with Crippen molar-refractivity contribution in [3.63, 3.8) is 0 Å². The number of esters is 1. The highest BCUT2D eigenvalue weighted by atomic mass is 16.5. The summed E-state index contributed by atoms with van der Waals surface area (Å²) in [5, 5.41) is 13.1. The second-order valence-electron chi connectivity index (χ2n) is 4.38. The zero-order valence-corrected chi connectivity index (χ0v) is 12.0. The number of hydrogen-bond acceptors (Lipinski definition) is 4. The van der Waals surface area contributed by atoms with E-state index in [9.17, 15) is 9.90 Å². The lowest BCUT2D eigenvalue weighted by atomic mass is 9.96. The second-order valence-corrected chi connectivity index (χ2v) is 4.38. The second kappa shape index (κ2) is 10.1. The molecule has 0 aliphatic rings. The van der Waals surface area contributed by atoms with Crippen LogP contribution < -0.4 is 5.32 Å². The first kappa shape index (κ1) is 17.1. The molecule has 0 aliphatic heterocycles. The van der Waals surface area contributed by atoms with E-state index in [1.807, 2.05) is 13.0 Å². The molecule has 0 aromatic carbocycles. The minimum absolute atomic E-state index is 0.278. The summed E-state index contributed by atoms with van der Waals surface area (Å²) in [4.78, 5) is 11.3. The number of aliphatic hydroxyl groups excluding tert-OH is 1. The van der Waals surface area contributed by atoms with Gasteiger partial charge in [0.2, 0.25) is 0 Å². The molecule has 0 saturated carbocycles. The first-order chi connectivity index (χ1) is 8.60. The lowest BCUT2D eigenvalue weighted by molar-refractivity contribution is -0.136. The third-order valence-electron chi connectivity index (χ3n) is 3.27. The molecule has 4 nitrogen and oxygen atoms in total. The molecule has 1 atom stereocenters. The summed E-state index contributed by atoms with van der Waals surface area (Å²) < 4.78 is 4.67. The minimum atomic E-state index is -0.323. The average Bonchev–Trinajstić information content (AvgIpc) is 2.39. The van der Waals surface area contributed by atoms with Gasteiger partial charge in [0, 0.05) is 18.7 Å². The van der Waals surface area contributed by atoms with Gasteiger partial charge in [-0.15, -0.1) is 0 Å². The maximum Gasteiger partial charge on any atom is 0.333 e. The molecule has 2 N–H and O–H groups in total. The lowest BCUT2D eigenvalue weighted by Crippen LogP contribution is -2.32. The molecule has 0 heterocycles. The number of ether oxygens (including phenoxy) is 1. The van der Waals surface area contributed by atoms with Gasteiger partial charge in [-0.25, -0.2) is 4.79 Å². The number of methoxy groups -OCH3 is 1. The van der Waals surface area contributed by atoms with E-state index >= 15 is 0 Å². The van der Waals surface area contributed by atoms with Gasteiger partial charge in [-0.1, -0.05) is 39.7 Å². The molecule has 106 valence electrons. The van der Waals surface area contributed by atoms with Gasteiger partial charge in [0.15, 0.2) is 0 Å². The molecule has 0 radical (unpaired) electrons. The van der Waals surface area contributed by atoms with Crippen LogP contribution in [0.25, 0.3) is 0 Å². The van der Waals surface area contributed by atoms with Crippen LogP contribution >= 0.6 is 0 Å². The minimum Gasteiger partial charge on any atom is -0.466 e. The SMILES string of the molecule is CC/C(=C/CNCC(O)C(CC)CC)C(=O)OC. The maximum atomic E-state index is 11.3. The van der Waals surface area contributed by atoms with Crippen molar-refractivity contribution in [3.8, 4) is 0 Å². The monoisotopic (exact) mass is 257 g/mol. The van der Waals surface area contributed by atoms with Crippen molar-refractivity contribution in [1.82, 2.24) is 5.32 Å². The van der Waals surface area contributed by atoms with Crippen molar-refractivity contribution < 1.29 is 14.6 Å². The van der Waals surface area contributed by atoms with E-state index < -0.39 is 0 Å². The van der Waals surface area contributed by atoms with Crippen molar-refractivity contribution in [2.24, 2.45) is 5.92 Å². The number of nitrogens with one attached hydrogen (secondary N) is 1. The van der Waals surface area contributed by atoms with E-state index in [0.717, 1.165) is 12.8 Å². The number of aliphatic hydroxyl groups is 1. The number of hydrogen-bond donors (Lipinski definition) is 2. The Hall–Kier alpha value is -0.870. The first-order valence-electron chi connectivity index (χ1n) is 6.76. The fraction of sp³-hybridized carbons (Fsp3) is 0.786. The van der Waals surface area contributed by atoms with Crippen molar-refractivity contribution in [1.29, 1.82) is 0 Å². The van der Waals surface area contributed by atoms with E-state index in [-0.39, 0.29) is 12.1 Å². The third-order valence-corrected chi connectivity index (χ3v) is 3.27. The topological polar surface area (TPSA) is 58.6 Å². The predicted octanol–water partition coefficient (Wildman–Crippen LogP) is 1.88. The van der Waals surface area contributed by atoms with E-state index in [1.165, 1.54) is 7.11 Å². The Morgan fingerprint density at radius 1 is 1.33 bits per heavy atom. The van der Waals surface area contributed by atoms with Gasteiger partial charge < -0.3 is 15.2 Å². The smallest absolute Gasteiger partial charge is 0.333 e. The zero-order valence-electron chi connectivity index (χ0n) is 12.0. The molecule has 0 amide bonds. The summed E-state index contributed by atoms with van der Waals surface area (Å²) in [5.41, 5.74) is 0.669. The Morgan fingerprint density at radius 3 is 2.39 bits per heavy atom. The molecule has 0 fully saturated rings. The average molecular weight is 257 g/mol. The molecule has 0 aliphatic carbocycles. The molecule has 0 bridgehead atoms. The van der Waals surface area contributed by atoms with Gasteiger partial charge in [0.25, 0.3) is 0 Å². The molecule has 0 aromatic rings. The quantitative estimate of drug-likeness (QED) is 0.376. The van der Waals surface area contributed by atoms with E-state index in [4.69, 9.17) is 0 Å². The van der Waals surface area contributed by atoms with E-state index in [0.29, 0.717) is 31.0 Å². The summed E-state index contributed by atoms with van der Waals surface area (Å²) in [6.45, 7) is 7.23. The van der Waals surface area contributed by atoms with Crippen LogP contribution in [0, 0.1) is 5.92 Å². The molecule has 1 unspecified atom stereocenters. The fourth-order valence-electron chi connectivity index (χ4n) is 1.93. The molecular formula is C14H27NO3. The van der Waals surface area contributed by atoms with Crippen LogP contribution in [0.4, 0.5) is 0 Å². The van der Waals surface area contributed by atoms with Gasteiger partial charge in [0.05, 0.1) is 13.2 Å². The van der Waals surface area contributed by atoms with Crippen LogP contribution in [0.5, 0.6) is 0 Å². The number of carbonyl (C=O) groups excluding carboxylic acids is 1. The van der Waals surface area contributed by atoms with Crippen LogP contribution in [-0.2, 0) is 9.53 Å². The molecule has 0 rings (SSSR count). The third kappa shape index (κ3) is 6.17. The van der Waals surface area contributed by atoms with Crippen molar-refractivity contribution in [3.05, 3.63) is 11.6 Å². The highest BCUT2D eigenvalue weighted by molar-refractivity contribution is 5.88. The number of carbonyl (C=O) groups is 1. The van der Waals surface area contributed by atoms with Gasteiger partial charge in [-0.05, 0) is 12.3 Å². The summed E-state index contributed by atoms with van der Waals surface area (Å²) in [6, 6.07) is 0. The Kier molecular flexibility index (Phi) is 9.60. The Morgan fingerprint density at radius 2 is 1.94 bits per heavy atom. The van der Waals surface area contributed by atoms with Gasteiger partial charge in [0.1, 0.15) is 0 Å². The molecule has 0 saturated heterocycles. The highest BCUT2D eigenvalue weighted by Crippen LogP contribution is 2.12. The fourth-order valence-corrected chi connectivity index (χ4v) is 1.93. The van der Waals surface area contributed by atoms with Crippen LogP contribution in [0.1, 0.15) is 40.0 Å². The summed E-state index contributed by atoms with van der Waals surface area (Å²) >= 11 is 0. The molecular weight excluding hydrogens is 230 g/mol. The number of rotatable bonds is 9. The Labute approximate surface area is 110 Å². The summed E-state index contributed by atoms with van der Waals surface area (Å²) in [5.74, 6) is 0.0626. The molecule has 0 spiro atoms. The summed E-state index contributed by atoms with van der Waals surface area (Å²) in [7, 11) is 1.39. The van der Waals surface area contributed by atoms with Crippen molar-refractivity contribution in [2.75, 3.05) is 20.2 Å². The van der Waals surface area contributed by atoms with Gasteiger partial charge in [-0.3, -0.25) is 0 Å². The maximum absolute atomic E-state index is 11.3. The van der Waals surface area contributed by atoms with E-state index in [1.54, 1.807) is 0 Å². The molecule has 0 aromatic heterocycles. The highest BCUT2D eigenvalue weighted by Gasteiger charge is 2.14.